The molecule has 0 aliphatic heterocycles. The highest BCUT2D eigenvalue weighted by Crippen LogP contribution is 2.44. The van der Waals surface area contributed by atoms with Crippen LogP contribution in [0.2, 0.25) is 0 Å². The zero-order valence-electron chi connectivity index (χ0n) is 11.5. The Kier molecular flexibility index (Phi) is 4.25. The number of ether oxygens (including phenoxy) is 1. The predicted molar refractivity (Wildman–Crippen MR) is 86.9 cm³/mol. The van der Waals surface area contributed by atoms with Gasteiger partial charge in [-0.15, -0.1) is 0 Å². The third kappa shape index (κ3) is 2.81. The second-order valence-electron chi connectivity index (χ2n) is 4.94. The van der Waals surface area contributed by atoms with Crippen LogP contribution in [0.25, 0.3) is 11.1 Å². The molecular formula is C17H16BrNO2. The van der Waals surface area contributed by atoms with Crippen LogP contribution in [0.1, 0.15) is 17.0 Å². The number of amides is 1. The molecule has 0 aromatic heterocycles. The summed E-state index contributed by atoms with van der Waals surface area (Å²) in [7, 11) is 0. The van der Waals surface area contributed by atoms with E-state index >= 15 is 0 Å². The second kappa shape index (κ2) is 6.31. The highest BCUT2D eigenvalue weighted by atomic mass is 79.9. The van der Waals surface area contributed by atoms with Gasteiger partial charge in [-0.25, -0.2) is 4.79 Å². The number of fused-ring (bicyclic) bond motifs is 3. The molecule has 0 heterocycles. The molecule has 2 aromatic rings. The largest absolute Gasteiger partial charge is 0.449 e. The van der Waals surface area contributed by atoms with Crippen molar-refractivity contribution in [2.24, 2.45) is 0 Å². The summed E-state index contributed by atoms with van der Waals surface area (Å²) in [6, 6.07) is 16.6. The van der Waals surface area contributed by atoms with Gasteiger partial charge in [-0.2, -0.15) is 0 Å². The quantitative estimate of drug-likeness (QED) is 0.853. The number of halogens is 1. The third-order valence-electron chi connectivity index (χ3n) is 3.71. The molecule has 0 spiro atoms. The first-order valence-corrected chi connectivity index (χ1v) is 8.08. The lowest BCUT2D eigenvalue weighted by molar-refractivity contribution is 0.143. The first-order chi connectivity index (χ1) is 10.3. The zero-order valence-corrected chi connectivity index (χ0v) is 13.1. The molecule has 1 N–H and O–H groups in total. The van der Waals surface area contributed by atoms with Gasteiger partial charge in [0.15, 0.2) is 0 Å². The fourth-order valence-electron chi connectivity index (χ4n) is 2.80. The first kappa shape index (κ1) is 14.1. The van der Waals surface area contributed by atoms with E-state index in [0.29, 0.717) is 13.2 Å². The Morgan fingerprint density at radius 2 is 1.62 bits per heavy atom. The number of alkyl halides is 1. The number of hydrogen-bond acceptors (Lipinski definition) is 2. The van der Waals surface area contributed by atoms with E-state index in [2.05, 4.69) is 45.5 Å². The number of carbonyl (C=O) groups is 1. The van der Waals surface area contributed by atoms with Crippen molar-refractivity contribution in [1.29, 1.82) is 0 Å². The van der Waals surface area contributed by atoms with Crippen molar-refractivity contribution in [3.05, 3.63) is 59.7 Å². The maximum atomic E-state index is 11.6. The Morgan fingerprint density at radius 3 is 2.19 bits per heavy atom. The van der Waals surface area contributed by atoms with E-state index in [1.165, 1.54) is 22.3 Å². The summed E-state index contributed by atoms with van der Waals surface area (Å²) in [5, 5.41) is 3.42. The summed E-state index contributed by atoms with van der Waals surface area (Å²) >= 11 is 3.27. The number of alkyl carbamates (subject to hydrolysis) is 1. The van der Waals surface area contributed by atoms with Crippen LogP contribution >= 0.6 is 15.9 Å². The molecule has 21 heavy (non-hydrogen) atoms. The Bertz CT molecular complexity index is 611. The average molecular weight is 346 g/mol. The fraction of sp³-hybridized carbons (Fsp3) is 0.235. The molecule has 0 atom stereocenters. The molecule has 108 valence electrons. The van der Waals surface area contributed by atoms with Crippen LogP contribution in [-0.2, 0) is 4.74 Å². The molecule has 1 amide bonds. The second-order valence-corrected chi connectivity index (χ2v) is 5.73. The van der Waals surface area contributed by atoms with E-state index in [1.807, 2.05) is 24.3 Å². The van der Waals surface area contributed by atoms with E-state index in [9.17, 15) is 4.79 Å². The van der Waals surface area contributed by atoms with Crippen LogP contribution in [0.4, 0.5) is 4.79 Å². The molecule has 1 aliphatic carbocycles. The van der Waals surface area contributed by atoms with Crippen LogP contribution < -0.4 is 5.32 Å². The van der Waals surface area contributed by atoms with Crippen LogP contribution in [0.3, 0.4) is 0 Å². The summed E-state index contributed by atoms with van der Waals surface area (Å²) < 4.78 is 5.37. The highest BCUT2D eigenvalue weighted by Gasteiger charge is 2.28. The van der Waals surface area contributed by atoms with Crippen molar-refractivity contribution in [2.45, 2.75) is 5.92 Å². The SMILES string of the molecule is O=C(NCCBr)OCC1c2ccccc2-c2ccccc21. The van der Waals surface area contributed by atoms with Crippen molar-refractivity contribution in [3.8, 4) is 11.1 Å². The minimum atomic E-state index is -0.365. The minimum Gasteiger partial charge on any atom is -0.449 e. The standard InChI is InChI=1S/C17H16BrNO2/c18-9-10-19-17(20)21-11-16-14-7-3-1-5-12(14)13-6-2-4-8-15(13)16/h1-8,16H,9-11H2,(H,19,20). The van der Waals surface area contributed by atoms with Crippen molar-refractivity contribution >= 4 is 22.0 Å². The molecular weight excluding hydrogens is 330 g/mol. The number of carbonyl (C=O) groups excluding carboxylic acids is 1. The monoisotopic (exact) mass is 345 g/mol. The summed E-state index contributed by atoms with van der Waals surface area (Å²) in [5.41, 5.74) is 4.93. The van der Waals surface area contributed by atoms with Gasteiger partial charge in [0.2, 0.25) is 0 Å². The van der Waals surface area contributed by atoms with E-state index < -0.39 is 0 Å². The van der Waals surface area contributed by atoms with Crippen LogP contribution in [-0.4, -0.2) is 24.6 Å². The molecule has 0 bridgehead atoms. The van der Waals surface area contributed by atoms with Gasteiger partial charge in [0.25, 0.3) is 0 Å². The summed E-state index contributed by atoms with van der Waals surface area (Å²) in [6.45, 7) is 0.929. The Hall–Kier alpha value is -1.81. The van der Waals surface area contributed by atoms with Gasteiger partial charge in [-0.3, -0.25) is 0 Å². The summed E-state index contributed by atoms with van der Waals surface area (Å²) in [4.78, 5) is 11.6. The summed E-state index contributed by atoms with van der Waals surface area (Å²) in [6.07, 6.45) is -0.365. The maximum Gasteiger partial charge on any atom is 0.407 e. The first-order valence-electron chi connectivity index (χ1n) is 6.96. The van der Waals surface area contributed by atoms with E-state index in [0.717, 1.165) is 5.33 Å². The highest BCUT2D eigenvalue weighted by molar-refractivity contribution is 9.09. The minimum absolute atomic E-state index is 0.118. The molecule has 1 aliphatic rings. The van der Waals surface area contributed by atoms with Gasteiger partial charge in [-0.05, 0) is 22.3 Å². The molecule has 0 unspecified atom stereocenters. The lowest BCUT2D eigenvalue weighted by Gasteiger charge is -2.14. The van der Waals surface area contributed by atoms with E-state index in [1.54, 1.807) is 0 Å². The normalized spacial score (nSPS) is 12.6. The van der Waals surface area contributed by atoms with Crippen LogP contribution in [0, 0.1) is 0 Å². The Labute approximate surface area is 132 Å². The maximum absolute atomic E-state index is 11.6. The van der Waals surface area contributed by atoms with Gasteiger partial charge in [0.1, 0.15) is 6.61 Å². The van der Waals surface area contributed by atoms with Gasteiger partial charge in [0, 0.05) is 17.8 Å². The molecule has 3 rings (SSSR count). The molecule has 3 nitrogen and oxygen atoms in total. The van der Waals surface area contributed by atoms with Crippen LogP contribution in [0.15, 0.2) is 48.5 Å². The lowest BCUT2D eigenvalue weighted by atomic mass is 9.98. The number of benzene rings is 2. The van der Waals surface area contributed by atoms with Gasteiger partial charge in [-0.1, -0.05) is 64.5 Å². The van der Waals surface area contributed by atoms with E-state index in [4.69, 9.17) is 4.74 Å². The number of nitrogens with one attached hydrogen (secondary N) is 1. The molecule has 2 aromatic carbocycles. The van der Waals surface area contributed by atoms with Gasteiger partial charge in [0.05, 0.1) is 0 Å². The molecule has 4 heteroatoms. The Balaban J connectivity index is 1.81. The molecule has 0 fully saturated rings. The number of hydrogen-bond donors (Lipinski definition) is 1. The molecule has 0 radical (unpaired) electrons. The van der Waals surface area contributed by atoms with Crippen molar-refractivity contribution in [3.63, 3.8) is 0 Å². The smallest absolute Gasteiger partial charge is 0.407 e. The third-order valence-corrected chi connectivity index (χ3v) is 4.10. The van der Waals surface area contributed by atoms with E-state index in [-0.39, 0.29) is 12.0 Å². The zero-order chi connectivity index (χ0) is 14.7. The predicted octanol–water partition coefficient (Wildman–Crippen LogP) is 3.92. The van der Waals surface area contributed by atoms with Gasteiger partial charge < -0.3 is 10.1 Å². The Morgan fingerprint density at radius 1 is 1.05 bits per heavy atom. The molecule has 0 saturated carbocycles. The van der Waals surface area contributed by atoms with Crippen molar-refractivity contribution < 1.29 is 9.53 Å². The van der Waals surface area contributed by atoms with Gasteiger partial charge >= 0.3 is 6.09 Å². The summed E-state index contributed by atoms with van der Waals surface area (Å²) in [5.74, 6) is 0.118. The van der Waals surface area contributed by atoms with Crippen LogP contribution in [0.5, 0.6) is 0 Å². The number of rotatable bonds is 4. The fourth-order valence-corrected chi connectivity index (χ4v) is 3.00. The van der Waals surface area contributed by atoms with Crippen molar-refractivity contribution in [2.75, 3.05) is 18.5 Å². The molecule has 0 saturated heterocycles. The topological polar surface area (TPSA) is 38.3 Å². The lowest BCUT2D eigenvalue weighted by Crippen LogP contribution is -2.27. The van der Waals surface area contributed by atoms with Crippen molar-refractivity contribution in [1.82, 2.24) is 5.32 Å². The average Bonchev–Trinajstić information content (AvgIpc) is 2.85.